The topological polar surface area (TPSA) is 9.86 Å². The Morgan fingerprint density at radius 3 is 1.00 bits per heavy atom. The van der Waals surface area contributed by atoms with Gasteiger partial charge in [0.25, 0.3) is 0 Å². The highest BCUT2D eigenvalue weighted by atomic mass is 15.0. The summed E-state index contributed by atoms with van der Waals surface area (Å²) in [6, 6.07) is 116. The van der Waals surface area contributed by atoms with Crippen molar-refractivity contribution in [3.8, 4) is 67.0 Å². The molecule has 0 bridgehead atoms. The van der Waals surface area contributed by atoms with Crippen molar-refractivity contribution < 1.29 is 0 Å². The summed E-state index contributed by atoms with van der Waals surface area (Å²) in [5.41, 5.74) is 20.5. The van der Waals surface area contributed by atoms with E-state index >= 15 is 0 Å². The van der Waals surface area contributed by atoms with Crippen LogP contribution in [0.15, 0.2) is 309 Å². The van der Waals surface area contributed by atoms with Crippen LogP contribution < -0.4 is 0 Å². The van der Waals surface area contributed by atoms with Gasteiger partial charge in [0.1, 0.15) is 0 Å². The van der Waals surface area contributed by atoms with Gasteiger partial charge in [-0.2, -0.15) is 0 Å². The molecule has 0 atom stereocenters. The van der Waals surface area contributed by atoms with Gasteiger partial charge in [-0.25, -0.2) is 0 Å². The zero-order valence-electron chi connectivity index (χ0n) is 50.3. The van der Waals surface area contributed by atoms with E-state index in [4.69, 9.17) is 0 Å². The van der Waals surface area contributed by atoms with E-state index in [1.165, 1.54) is 164 Å². The number of fused-ring (bicyclic) bond motifs is 20. The average Bonchev–Trinajstić information content (AvgIpc) is 1.48. The van der Waals surface area contributed by atoms with E-state index in [0.29, 0.717) is 0 Å². The van der Waals surface area contributed by atoms with Crippen LogP contribution in [0.25, 0.3) is 175 Å². The molecule has 0 radical (unpaired) electrons. The summed E-state index contributed by atoms with van der Waals surface area (Å²) >= 11 is 0. The van der Waals surface area contributed by atoms with Crippen molar-refractivity contribution in [2.24, 2.45) is 0 Å². The Morgan fingerprint density at radius 1 is 0.211 bits per heavy atom. The van der Waals surface area contributed by atoms with Crippen molar-refractivity contribution in [2.75, 3.05) is 0 Å². The third-order valence-corrected chi connectivity index (χ3v) is 19.4. The van der Waals surface area contributed by atoms with Crippen molar-refractivity contribution in [1.82, 2.24) is 9.13 Å². The van der Waals surface area contributed by atoms with Crippen molar-refractivity contribution in [1.29, 1.82) is 0 Å². The lowest BCUT2D eigenvalue weighted by Gasteiger charge is -2.20. The summed E-state index contributed by atoms with van der Waals surface area (Å²) in [5.74, 6) is 0. The second-order valence-corrected chi connectivity index (χ2v) is 25.5. The largest absolute Gasteiger partial charge is 0.309 e. The molecule has 0 amide bonds. The maximum Gasteiger partial charge on any atom is 0.0626 e. The molecule has 2 nitrogen and oxygen atoms in total. The smallest absolute Gasteiger partial charge is 0.0626 e. The van der Waals surface area contributed by atoms with Gasteiger partial charge in [-0.15, -0.1) is 0 Å². The van der Waals surface area contributed by atoms with E-state index in [2.05, 4.69) is 339 Å². The summed E-state index contributed by atoms with van der Waals surface area (Å²) in [6.07, 6.45) is 0. The second-order valence-electron chi connectivity index (χ2n) is 25.5. The number of benzene rings is 16. The van der Waals surface area contributed by atoms with Gasteiger partial charge in [0.05, 0.1) is 22.1 Å². The van der Waals surface area contributed by atoms with Crippen molar-refractivity contribution in [3.63, 3.8) is 0 Å². The molecule has 0 aliphatic rings. The molecule has 2 heteroatoms. The van der Waals surface area contributed by atoms with Crippen LogP contribution in [0, 0.1) is 0 Å². The lowest BCUT2D eigenvalue weighted by atomic mass is 9.87. The second kappa shape index (κ2) is 20.1. The molecule has 18 aromatic rings. The first-order chi connectivity index (χ1) is 44.3. The number of nitrogens with zero attached hydrogens (tertiary/aromatic N) is 2. The van der Waals surface area contributed by atoms with Crippen LogP contribution in [0.2, 0.25) is 0 Å². The molecule has 422 valence electrons. The Kier molecular flexibility index (Phi) is 11.6. The molecule has 2 heterocycles. The average molecular weight is 1150 g/mol. The molecule has 90 heavy (non-hydrogen) atoms. The minimum atomic E-state index is 0.0617. The molecule has 0 unspecified atom stereocenters. The third kappa shape index (κ3) is 7.97. The molecule has 0 spiro atoms. The van der Waals surface area contributed by atoms with Crippen LogP contribution >= 0.6 is 0 Å². The van der Waals surface area contributed by atoms with Gasteiger partial charge in [0.15, 0.2) is 0 Å². The predicted molar refractivity (Wildman–Crippen MR) is 386 cm³/mol. The van der Waals surface area contributed by atoms with Gasteiger partial charge in [0.2, 0.25) is 0 Å². The van der Waals surface area contributed by atoms with Gasteiger partial charge >= 0.3 is 0 Å². The number of aromatic nitrogens is 2. The lowest BCUT2D eigenvalue weighted by molar-refractivity contribution is 0.590. The van der Waals surface area contributed by atoms with Crippen LogP contribution in [0.4, 0.5) is 0 Å². The molecular formula is C88H60N2. The Balaban J connectivity index is 0.766. The normalized spacial score (nSPS) is 12.2. The van der Waals surface area contributed by atoms with E-state index < -0.39 is 0 Å². The summed E-state index contributed by atoms with van der Waals surface area (Å²) in [7, 11) is 0. The monoisotopic (exact) mass is 1140 g/mol. The maximum absolute atomic E-state index is 2.55. The molecule has 0 saturated carbocycles. The third-order valence-electron chi connectivity index (χ3n) is 19.4. The molecule has 0 aliphatic heterocycles. The minimum Gasteiger partial charge on any atom is -0.309 e. The molecule has 0 fully saturated rings. The molecule has 0 N–H and O–H groups in total. The van der Waals surface area contributed by atoms with Crippen LogP contribution in [0.1, 0.15) is 26.3 Å². The molecule has 0 aliphatic carbocycles. The molecular weight excluding hydrogens is 1080 g/mol. The number of hydrogen-bond donors (Lipinski definition) is 0. The van der Waals surface area contributed by atoms with Gasteiger partial charge < -0.3 is 9.13 Å². The highest BCUT2D eigenvalue weighted by Crippen LogP contribution is 2.50. The van der Waals surface area contributed by atoms with Crippen LogP contribution in [-0.2, 0) is 5.41 Å². The minimum absolute atomic E-state index is 0.0617. The van der Waals surface area contributed by atoms with Crippen LogP contribution in [-0.4, -0.2) is 9.13 Å². The molecule has 18 rings (SSSR count). The Hall–Kier alpha value is -11.3. The van der Waals surface area contributed by atoms with E-state index in [9.17, 15) is 0 Å². The molecule has 16 aromatic carbocycles. The summed E-state index contributed by atoms with van der Waals surface area (Å²) in [4.78, 5) is 0. The van der Waals surface area contributed by atoms with E-state index in [-0.39, 0.29) is 5.41 Å². The van der Waals surface area contributed by atoms with E-state index in [1.54, 1.807) is 0 Å². The van der Waals surface area contributed by atoms with Gasteiger partial charge in [0, 0.05) is 54.5 Å². The molecule has 0 saturated heterocycles. The highest BCUT2D eigenvalue weighted by molar-refractivity contribution is 6.39. The van der Waals surface area contributed by atoms with Gasteiger partial charge in [-0.05, 0) is 164 Å². The van der Waals surface area contributed by atoms with Gasteiger partial charge in [-0.1, -0.05) is 276 Å². The SMILES string of the molecule is CC(C)(C)c1ccc(-n2c3ccccc3c3c4c5ccccc5c(-c5ccc(-c6ccc(-c7cc(-c8ccccc8)cc(-n8c9ccccc9c9c%10c%11ccccc%11c(-c%11ccccc%11)cc%10c%10ccccc%10c98)c7)cc6)cc5)cc4c4ccccc4c32)cc1. The first-order valence-corrected chi connectivity index (χ1v) is 31.5. The first kappa shape index (κ1) is 51.9. The van der Waals surface area contributed by atoms with Crippen LogP contribution in [0.5, 0.6) is 0 Å². The van der Waals surface area contributed by atoms with Crippen molar-refractivity contribution in [2.45, 2.75) is 26.2 Å². The summed E-state index contributed by atoms with van der Waals surface area (Å²) in [5, 5.41) is 20.2. The zero-order chi connectivity index (χ0) is 59.8. The predicted octanol–water partition coefficient (Wildman–Crippen LogP) is 24.4. The number of para-hydroxylation sites is 2. The first-order valence-electron chi connectivity index (χ1n) is 31.5. The summed E-state index contributed by atoms with van der Waals surface area (Å²) in [6.45, 7) is 6.86. The van der Waals surface area contributed by atoms with Crippen molar-refractivity contribution >= 4 is 108 Å². The Morgan fingerprint density at radius 2 is 0.544 bits per heavy atom. The lowest BCUT2D eigenvalue weighted by Crippen LogP contribution is -2.10. The fourth-order valence-corrected chi connectivity index (χ4v) is 15.2. The van der Waals surface area contributed by atoms with Crippen LogP contribution in [0.3, 0.4) is 0 Å². The fourth-order valence-electron chi connectivity index (χ4n) is 15.2. The maximum atomic E-state index is 2.55. The highest BCUT2D eigenvalue weighted by Gasteiger charge is 2.25. The Bertz CT molecular complexity index is 5940. The quantitative estimate of drug-likeness (QED) is 0.141. The zero-order valence-corrected chi connectivity index (χ0v) is 50.3. The van der Waals surface area contributed by atoms with E-state index in [1.807, 2.05) is 0 Å². The molecule has 2 aromatic heterocycles. The number of hydrogen-bond acceptors (Lipinski definition) is 0. The number of rotatable bonds is 7. The van der Waals surface area contributed by atoms with Crippen molar-refractivity contribution in [3.05, 3.63) is 315 Å². The Labute approximate surface area is 522 Å². The van der Waals surface area contributed by atoms with E-state index in [0.717, 1.165) is 16.8 Å². The summed E-state index contributed by atoms with van der Waals surface area (Å²) < 4.78 is 5.05. The van der Waals surface area contributed by atoms with Gasteiger partial charge in [-0.3, -0.25) is 0 Å². The fraction of sp³-hybridized carbons (Fsp3) is 0.0455. The standard InChI is InChI=1S/C88H60N2/c1-88(2,3)63-46-48-64(49-47-63)89-80-36-20-18-34-74(80)84-82-71-31-15-11-27-67(71)77(54-79(82)68-28-12-16-32-72(68)86(84)89)60-44-42-57(43-45-60)56-38-40-58(41-39-56)62-50-61(55-22-6-4-7-23-55)51-65(52-62)90-81-37-21-19-35-75(81)85-83-70-30-14-10-26-66(70)76(59-24-8-5-9-25-59)53-78(83)69-29-13-17-33-73(69)87(85)90/h4-54H,1-3H3.